The molecule has 2 aromatic carbocycles. The van der Waals surface area contributed by atoms with E-state index in [1.807, 2.05) is 36.6 Å². The zero-order valence-electron chi connectivity index (χ0n) is 18.2. The lowest BCUT2D eigenvalue weighted by Crippen LogP contribution is -2.15. The van der Waals surface area contributed by atoms with Gasteiger partial charge >= 0.3 is 0 Å². The first-order valence-electron chi connectivity index (χ1n) is 10.1. The number of hydrogen-bond donors (Lipinski definition) is 0. The molecule has 3 aromatic rings. The molecular weight excluding hydrogens is 369 g/mol. The SMILES string of the molecule is COc1ccccc1C=CC[B]c1ccccc1C.Cc1cncn1CC(C)C#N. The predicted octanol–water partition coefficient (Wildman–Crippen LogP) is 4.82. The van der Waals surface area contributed by atoms with Gasteiger partial charge in [0.25, 0.3) is 0 Å². The van der Waals surface area contributed by atoms with Gasteiger partial charge in [0, 0.05) is 24.0 Å². The topological polar surface area (TPSA) is 50.8 Å². The number of para-hydroxylation sites is 1. The number of imidazole rings is 1. The van der Waals surface area contributed by atoms with Crippen molar-refractivity contribution in [3.8, 4) is 11.8 Å². The highest BCUT2D eigenvalue weighted by Gasteiger charge is 2.02. The molecule has 0 bridgehead atoms. The monoisotopic (exact) mass is 398 g/mol. The molecule has 0 N–H and O–H groups in total. The van der Waals surface area contributed by atoms with Crippen molar-refractivity contribution in [2.24, 2.45) is 5.92 Å². The number of aryl methyl sites for hydroxylation is 2. The van der Waals surface area contributed by atoms with Crippen LogP contribution >= 0.6 is 0 Å². The van der Waals surface area contributed by atoms with Gasteiger partial charge in [0.15, 0.2) is 7.28 Å². The molecule has 153 valence electrons. The van der Waals surface area contributed by atoms with E-state index in [1.165, 1.54) is 11.0 Å². The van der Waals surface area contributed by atoms with Crippen LogP contribution in [0.25, 0.3) is 6.08 Å². The average Bonchev–Trinajstić information content (AvgIpc) is 3.17. The highest BCUT2D eigenvalue weighted by atomic mass is 16.5. The Labute approximate surface area is 181 Å². The van der Waals surface area contributed by atoms with Gasteiger partial charge in [-0.15, -0.1) is 0 Å². The molecule has 0 fully saturated rings. The summed E-state index contributed by atoms with van der Waals surface area (Å²) in [4.78, 5) is 3.96. The molecule has 0 aliphatic carbocycles. The summed E-state index contributed by atoms with van der Waals surface area (Å²) in [5, 5.41) is 8.54. The molecule has 0 aliphatic heterocycles. The minimum absolute atomic E-state index is 0.0582. The molecule has 30 heavy (non-hydrogen) atoms. The minimum atomic E-state index is 0.0582. The fourth-order valence-electron chi connectivity index (χ4n) is 2.92. The molecule has 3 rings (SSSR count). The standard InChI is InChI=1S/C17H18BO.C8H11N3/c1-14-8-3-5-11-16(14)18-13-7-10-15-9-4-6-12-17(15)19-2;1-7(3-9)5-11-6-10-4-8(11)2/h3-12H,13H2,1-2H3;4,6-7H,5H2,1-2H3. The summed E-state index contributed by atoms with van der Waals surface area (Å²) in [5.41, 5.74) is 4.83. The van der Waals surface area contributed by atoms with Crippen LogP contribution in [0.3, 0.4) is 0 Å². The number of allylic oxidation sites excluding steroid dienone is 1. The number of hydrogen-bond acceptors (Lipinski definition) is 3. The molecule has 0 spiro atoms. The Bertz CT molecular complexity index is 988. The Morgan fingerprint density at radius 1 is 1.17 bits per heavy atom. The highest BCUT2D eigenvalue weighted by molar-refractivity contribution is 6.54. The maximum absolute atomic E-state index is 8.54. The molecule has 0 saturated heterocycles. The lowest BCUT2D eigenvalue weighted by molar-refractivity contribution is 0.414. The summed E-state index contributed by atoms with van der Waals surface area (Å²) < 4.78 is 7.30. The van der Waals surface area contributed by atoms with Crippen molar-refractivity contribution in [3.63, 3.8) is 0 Å². The number of aromatic nitrogens is 2. The molecule has 1 atom stereocenters. The van der Waals surface area contributed by atoms with Crippen molar-refractivity contribution in [1.29, 1.82) is 5.26 Å². The average molecular weight is 398 g/mol. The third-order valence-corrected chi connectivity index (χ3v) is 4.71. The fraction of sp³-hybridized carbons (Fsp3) is 0.280. The van der Waals surface area contributed by atoms with Crippen molar-refractivity contribution in [1.82, 2.24) is 9.55 Å². The number of methoxy groups -OCH3 is 1. The van der Waals surface area contributed by atoms with E-state index < -0.39 is 0 Å². The molecular formula is C25H29BN3O. The summed E-state index contributed by atoms with van der Waals surface area (Å²) in [6.45, 7) is 6.76. The van der Waals surface area contributed by atoms with E-state index >= 15 is 0 Å². The van der Waals surface area contributed by atoms with Gasteiger partial charge in [-0.1, -0.05) is 72.0 Å². The Balaban J connectivity index is 0.000000248. The van der Waals surface area contributed by atoms with E-state index in [1.54, 1.807) is 19.6 Å². The van der Waals surface area contributed by atoms with Crippen LogP contribution in [0, 0.1) is 31.1 Å². The molecule has 4 nitrogen and oxygen atoms in total. The number of nitriles is 1. The summed E-state index contributed by atoms with van der Waals surface area (Å²) in [7, 11) is 3.94. The first-order chi connectivity index (χ1) is 14.5. The lowest BCUT2D eigenvalue weighted by atomic mass is 9.65. The van der Waals surface area contributed by atoms with E-state index in [0.717, 1.165) is 29.9 Å². The molecule has 1 unspecified atom stereocenters. The summed E-state index contributed by atoms with van der Waals surface area (Å²) in [6, 6.07) is 18.6. The van der Waals surface area contributed by atoms with E-state index in [-0.39, 0.29) is 5.92 Å². The second kappa shape index (κ2) is 12.3. The molecule has 0 amide bonds. The largest absolute Gasteiger partial charge is 0.496 e. The Hall–Kier alpha value is -3.26. The second-order valence-electron chi connectivity index (χ2n) is 7.16. The lowest BCUT2D eigenvalue weighted by Gasteiger charge is -2.04. The van der Waals surface area contributed by atoms with Crippen LogP contribution < -0.4 is 10.2 Å². The van der Waals surface area contributed by atoms with Crippen LogP contribution in [0.4, 0.5) is 0 Å². The first-order valence-corrected chi connectivity index (χ1v) is 10.1. The van der Waals surface area contributed by atoms with Crippen LogP contribution in [0.15, 0.2) is 67.1 Å². The number of nitrogens with zero attached hydrogens (tertiary/aromatic N) is 3. The zero-order valence-corrected chi connectivity index (χ0v) is 18.2. The van der Waals surface area contributed by atoms with Crippen LogP contribution in [0.5, 0.6) is 5.75 Å². The minimum Gasteiger partial charge on any atom is -0.496 e. The highest BCUT2D eigenvalue weighted by Crippen LogP contribution is 2.18. The van der Waals surface area contributed by atoms with E-state index in [2.05, 4.69) is 67.7 Å². The molecule has 1 radical (unpaired) electrons. The Morgan fingerprint density at radius 3 is 2.57 bits per heavy atom. The number of rotatable bonds is 7. The summed E-state index contributed by atoms with van der Waals surface area (Å²) in [6.07, 6.45) is 8.73. The zero-order chi connectivity index (χ0) is 21.8. The third-order valence-electron chi connectivity index (χ3n) is 4.71. The van der Waals surface area contributed by atoms with Gasteiger partial charge in [-0.25, -0.2) is 4.98 Å². The predicted molar refractivity (Wildman–Crippen MR) is 125 cm³/mol. The van der Waals surface area contributed by atoms with E-state index in [0.29, 0.717) is 0 Å². The normalized spacial score (nSPS) is 11.3. The third kappa shape index (κ3) is 7.29. The van der Waals surface area contributed by atoms with Gasteiger partial charge in [-0.2, -0.15) is 5.26 Å². The first kappa shape index (κ1) is 23.0. The molecule has 0 saturated carbocycles. The van der Waals surface area contributed by atoms with E-state index in [9.17, 15) is 0 Å². The van der Waals surface area contributed by atoms with Crippen molar-refractivity contribution < 1.29 is 4.74 Å². The second-order valence-corrected chi connectivity index (χ2v) is 7.16. The van der Waals surface area contributed by atoms with Gasteiger partial charge in [0.2, 0.25) is 0 Å². The summed E-state index contributed by atoms with van der Waals surface area (Å²) in [5.74, 6) is 0.970. The Morgan fingerprint density at radius 2 is 1.90 bits per heavy atom. The maximum Gasteiger partial charge on any atom is 0.156 e. The van der Waals surface area contributed by atoms with Crippen LogP contribution in [0.2, 0.25) is 6.32 Å². The molecule has 1 aromatic heterocycles. The Kier molecular flexibility index (Phi) is 9.47. The van der Waals surface area contributed by atoms with Gasteiger partial charge in [-0.3, -0.25) is 0 Å². The van der Waals surface area contributed by atoms with Crippen LogP contribution in [-0.2, 0) is 6.54 Å². The maximum atomic E-state index is 8.54. The van der Waals surface area contributed by atoms with Gasteiger partial charge in [0.1, 0.15) is 5.75 Å². The van der Waals surface area contributed by atoms with Crippen LogP contribution in [-0.4, -0.2) is 23.9 Å². The summed E-state index contributed by atoms with van der Waals surface area (Å²) >= 11 is 0. The van der Waals surface area contributed by atoms with Crippen molar-refractivity contribution in [2.45, 2.75) is 33.6 Å². The van der Waals surface area contributed by atoms with Crippen molar-refractivity contribution >= 4 is 18.8 Å². The fourth-order valence-corrected chi connectivity index (χ4v) is 2.92. The number of ether oxygens (including phenoxy) is 1. The molecule has 0 aliphatic rings. The quantitative estimate of drug-likeness (QED) is 0.537. The van der Waals surface area contributed by atoms with Crippen molar-refractivity contribution in [3.05, 3.63) is 84.0 Å². The van der Waals surface area contributed by atoms with Crippen molar-refractivity contribution in [2.75, 3.05) is 7.11 Å². The van der Waals surface area contributed by atoms with Gasteiger partial charge in [-0.05, 0) is 26.8 Å². The number of benzene rings is 2. The van der Waals surface area contributed by atoms with Gasteiger partial charge in [0.05, 0.1) is 25.4 Å². The van der Waals surface area contributed by atoms with Gasteiger partial charge < -0.3 is 9.30 Å². The van der Waals surface area contributed by atoms with E-state index in [4.69, 9.17) is 10.00 Å². The van der Waals surface area contributed by atoms with Crippen LogP contribution in [0.1, 0.15) is 23.7 Å². The molecule has 1 heterocycles. The smallest absolute Gasteiger partial charge is 0.156 e. The molecule has 5 heteroatoms.